The van der Waals surface area contributed by atoms with Crippen LogP contribution in [0.4, 0.5) is 0 Å². The van der Waals surface area contributed by atoms with E-state index < -0.39 is 0 Å². The molecule has 1 atom stereocenters. The van der Waals surface area contributed by atoms with Crippen molar-refractivity contribution in [1.82, 2.24) is 10.2 Å². The number of carbonyl (C=O) groups excluding carboxylic acids is 1. The van der Waals surface area contributed by atoms with E-state index in [0.717, 1.165) is 22.4 Å². The van der Waals surface area contributed by atoms with E-state index in [9.17, 15) is 4.79 Å². The Morgan fingerprint density at radius 1 is 1.16 bits per heavy atom. The van der Waals surface area contributed by atoms with Gasteiger partial charge >= 0.3 is 0 Å². The lowest BCUT2D eigenvalue weighted by atomic mass is 10.0. The molecule has 0 bridgehead atoms. The second-order valence-electron chi connectivity index (χ2n) is 5.74. The van der Waals surface area contributed by atoms with Gasteiger partial charge < -0.3 is 15.0 Å². The zero-order valence-corrected chi connectivity index (χ0v) is 16.1. The van der Waals surface area contributed by atoms with Gasteiger partial charge in [-0.1, -0.05) is 36.4 Å². The molecular weight excluding hydrogens is 336 g/mol. The van der Waals surface area contributed by atoms with Gasteiger partial charge in [-0.15, -0.1) is 12.4 Å². The molecule has 2 aromatic carbocycles. The van der Waals surface area contributed by atoms with E-state index in [1.807, 2.05) is 30.0 Å². The zero-order valence-electron chi connectivity index (χ0n) is 15.3. The van der Waals surface area contributed by atoms with Crippen LogP contribution in [-0.4, -0.2) is 38.1 Å². The number of halogens is 1. The molecule has 0 saturated heterocycles. The standard InChI is InChI=1S/C20H26N2O2.ClH/c1-5-22(20(23)14-21-3)15(2)16-9-11-17(12-10-16)18-7-6-8-19(13-18)24-4;/h6-13,15,21H,5,14H2,1-4H3;1H. The predicted molar refractivity (Wildman–Crippen MR) is 105 cm³/mol. The zero-order chi connectivity index (χ0) is 17.5. The van der Waals surface area contributed by atoms with Gasteiger partial charge in [-0.3, -0.25) is 4.79 Å². The maximum Gasteiger partial charge on any atom is 0.237 e. The topological polar surface area (TPSA) is 41.6 Å². The lowest BCUT2D eigenvalue weighted by Crippen LogP contribution is -2.38. The van der Waals surface area contributed by atoms with E-state index in [1.54, 1.807) is 14.2 Å². The number of ether oxygens (including phenoxy) is 1. The highest BCUT2D eigenvalue weighted by Gasteiger charge is 2.19. The van der Waals surface area contributed by atoms with Crippen molar-refractivity contribution in [1.29, 1.82) is 0 Å². The first-order chi connectivity index (χ1) is 11.6. The molecule has 0 saturated carbocycles. The molecule has 25 heavy (non-hydrogen) atoms. The molecule has 0 spiro atoms. The molecule has 1 unspecified atom stereocenters. The summed E-state index contributed by atoms with van der Waals surface area (Å²) in [7, 11) is 3.46. The molecule has 2 rings (SSSR count). The summed E-state index contributed by atoms with van der Waals surface area (Å²) < 4.78 is 5.28. The number of rotatable bonds is 7. The van der Waals surface area contributed by atoms with Crippen LogP contribution < -0.4 is 10.1 Å². The molecule has 1 amide bonds. The monoisotopic (exact) mass is 362 g/mol. The Bertz CT molecular complexity index is 674. The SMILES string of the molecule is CCN(C(=O)CNC)C(C)c1ccc(-c2cccc(OC)c2)cc1.Cl. The van der Waals surface area contributed by atoms with Crippen molar-refractivity contribution in [2.75, 3.05) is 27.2 Å². The van der Waals surface area contributed by atoms with Crippen molar-refractivity contribution >= 4 is 18.3 Å². The van der Waals surface area contributed by atoms with Crippen LogP contribution in [0, 0.1) is 0 Å². The normalized spacial score (nSPS) is 11.4. The largest absolute Gasteiger partial charge is 0.497 e. The molecule has 2 aromatic rings. The van der Waals surface area contributed by atoms with Gasteiger partial charge in [0.1, 0.15) is 5.75 Å². The maximum atomic E-state index is 12.2. The summed E-state index contributed by atoms with van der Waals surface area (Å²) in [6.07, 6.45) is 0. The maximum absolute atomic E-state index is 12.2. The Labute approximate surface area is 156 Å². The fourth-order valence-corrected chi connectivity index (χ4v) is 2.86. The van der Waals surface area contributed by atoms with Crippen LogP contribution in [0.5, 0.6) is 5.75 Å². The summed E-state index contributed by atoms with van der Waals surface area (Å²) in [5.41, 5.74) is 3.38. The van der Waals surface area contributed by atoms with E-state index in [2.05, 4.69) is 42.6 Å². The molecule has 0 aliphatic heterocycles. The Morgan fingerprint density at radius 3 is 2.40 bits per heavy atom. The van der Waals surface area contributed by atoms with E-state index in [4.69, 9.17) is 4.74 Å². The number of carbonyl (C=O) groups is 1. The van der Waals surface area contributed by atoms with Crippen LogP contribution in [0.15, 0.2) is 48.5 Å². The Hall–Kier alpha value is -2.04. The Kier molecular flexibility index (Phi) is 8.46. The first-order valence-electron chi connectivity index (χ1n) is 8.29. The van der Waals surface area contributed by atoms with Gasteiger partial charge in [-0.05, 0) is 49.7 Å². The van der Waals surface area contributed by atoms with Gasteiger partial charge in [-0.25, -0.2) is 0 Å². The molecule has 0 aliphatic rings. The van der Waals surface area contributed by atoms with Gasteiger partial charge in [0.05, 0.1) is 19.7 Å². The van der Waals surface area contributed by atoms with Crippen molar-refractivity contribution in [3.63, 3.8) is 0 Å². The quantitative estimate of drug-likeness (QED) is 0.811. The Morgan fingerprint density at radius 2 is 1.84 bits per heavy atom. The lowest BCUT2D eigenvalue weighted by Gasteiger charge is -2.28. The molecule has 4 nitrogen and oxygen atoms in total. The van der Waals surface area contributed by atoms with Crippen LogP contribution in [-0.2, 0) is 4.79 Å². The van der Waals surface area contributed by atoms with E-state index in [-0.39, 0.29) is 24.4 Å². The number of methoxy groups -OCH3 is 1. The summed E-state index contributed by atoms with van der Waals surface area (Å²) in [6, 6.07) is 16.4. The summed E-state index contributed by atoms with van der Waals surface area (Å²) in [5.74, 6) is 0.962. The molecular formula is C20H27ClN2O2. The highest BCUT2D eigenvalue weighted by atomic mass is 35.5. The molecule has 0 heterocycles. The minimum atomic E-state index is 0. The number of hydrogen-bond acceptors (Lipinski definition) is 3. The highest BCUT2D eigenvalue weighted by Crippen LogP contribution is 2.27. The summed E-state index contributed by atoms with van der Waals surface area (Å²) in [6.45, 7) is 5.13. The number of hydrogen-bond donors (Lipinski definition) is 1. The smallest absolute Gasteiger partial charge is 0.237 e. The molecule has 0 fully saturated rings. The summed E-state index contributed by atoms with van der Waals surface area (Å²) in [4.78, 5) is 14.1. The fourth-order valence-electron chi connectivity index (χ4n) is 2.86. The van der Waals surface area contributed by atoms with Gasteiger partial charge in [-0.2, -0.15) is 0 Å². The van der Waals surface area contributed by atoms with Crippen LogP contribution >= 0.6 is 12.4 Å². The van der Waals surface area contributed by atoms with Crippen molar-refractivity contribution in [3.8, 4) is 16.9 Å². The summed E-state index contributed by atoms with van der Waals surface area (Å²) >= 11 is 0. The third-order valence-electron chi connectivity index (χ3n) is 4.25. The number of nitrogens with zero attached hydrogens (tertiary/aromatic N) is 1. The van der Waals surface area contributed by atoms with Crippen molar-refractivity contribution in [2.24, 2.45) is 0 Å². The van der Waals surface area contributed by atoms with E-state index in [1.165, 1.54) is 0 Å². The Balaban J connectivity index is 0.00000312. The van der Waals surface area contributed by atoms with Gasteiger partial charge in [0.15, 0.2) is 0 Å². The molecule has 0 radical (unpaired) electrons. The van der Waals surface area contributed by atoms with E-state index >= 15 is 0 Å². The first-order valence-corrected chi connectivity index (χ1v) is 8.29. The van der Waals surface area contributed by atoms with Gasteiger partial charge in [0, 0.05) is 6.54 Å². The third-order valence-corrected chi connectivity index (χ3v) is 4.25. The lowest BCUT2D eigenvalue weighted by molar-refractivity contribution is -0.132. The molecule has 0 aromatic heterocycles. The van der Waals surface area contributed by atoms with Gasteiger partial charge in [0.25, 0.3) is 0 Å². The third kappa shape index (κ3) is 5.21. The highest BCUT2D eigenvalue weighted by molar-refractivity contribution is 5.85. The second kappa shape index (κ2) is 10.1. The summed E-state index contributed by atoms with van der Waals surface area (Å²) in [5, 5.41) is 2.93. The van der Waals surface area contributed by atoms with E-state index in [0.29, 0.717) is 13.1 Å². The first kappa shape index (κ1) is 21.0. The molecule has 136 valence electrons. The number of benzene rings is 2. The van der Waals surface area contributed by atoms with Crippen LogP contribution in [0.25, 0.3) is 11.1 Å². The average molecular weight is 363 g/mol. The second-order valence-corrected chi connectivity index (χ2v) is 5.74. The number of nitrogens with one attached hydrogen (secondary N) is 1. The number of likely N-dealkylation sites (N-methyl/N-ethyl adjacent to an activating group) is 2. The minimum absolute atomic E-state index is 0. The van der Waals surface area contributed by atoms with Crippen LogP contribution in [0.1, 0.15) is 25.5 Å². The fraction of sp³-hybridized carbons (Fsp3) is 0.350. The van der Waals surface area contributed by atoms with Crippen molar-refractivity contribution in [3.05, 3.63) is 54.1 Å². The minimum Gasteiger partial charge on any atom is -0.497 e. The van der Waals surface area contributed by atoms with Crippen LogP contribution in [0.2, 0.25) is 0 Å². The van der Waals surface area contributed by atoms with Gasteiger partial charge in [0.2, 0.25) is 5.91 Å². The predicted octanol–water partition coefficient (Wildman–Crippen LogP) is 3.91. The number of amides is 1. The molecule has 5 heteroatoms. The van der Waals surface area contributed by atoms with Crippen molar-refractivity contribution < 1.29 is 9.53 Å². The van der Waals surface area contributed by atoms with Crippen LogP contribution in [0.3, 0.4) is 0 Å². The van der Waals surface area contributed by atoms with Crippen molar-refractivity contribution in [2.45, 2.75) is 19.9 Å². The molecule has 1 N–H and O–H groups in total. The molecule has 0 aliphatic carbocycles. The average Bonchev–Trinajstić information content (AvgIpc) is 2.62.